The van der Waals surface area contributed by atoms with Gasteiger partial charge in [-0.25, -0.2) is 4.98 Å². The molecule has 1 saturated heterocycles. The quantitative estimate of drug-likeness (QED) is 0.837. The predicted octanol–water partition coefficient (Wildman–Crippen LogP) is 2.67. The number of likely N-dealkylation sites (tertiary alicyclic amines) is 1. The molecule has 146 valence electrons. The van der Waals surface area contributed by atoms with Gasteiger partial charge in [0.2, 0.25) is 11.8 Å². The number of nitrogens with zero attached hydrogens (tertiary/aromatic N) is 2. The summed E-state index contributed by atoms with van der Waals surface area (Å²) in [5.74, 6) is 2.42. The first-order valence-corrected chi connectivity index (χ1v) is 9.14. The number of amides is 1. The fraction of sp³-hybridized carbons (Fsp3) is 0.500. The van der Waals surface area contributed by atoms with Crippen LogP contribution in [0.25, 0.3) is 11.5 Å². The number of piperidine rings is 1. The van der Waals surface area contributed by atoms with Crippen LogP contribution in [-0.4, -0.2) is 43.1 Å². The Kier molecular flexibility index (Phi) is 5.70. The Morgan fingerprint density at radius 1 is 1.33 bits per heavy atom. The second-order valence-corrected chi connectivity index (χ2v) is 6.97. The molecule has 0 saturated carbocycles. The first kappa shape index (κ1) is 19.2. The van der Waals surface area contributed by atoms with Crippen molar-refractivity contribution in [2.75, 3.05) is 27.3 Å². The summed E-state index contributed by atoms with van der Waals surface area (Å²) < 4.78 is 16.9. The van der Waals surface area contributed by atoms with Crippen LogP contribution in [0.5, 0.6) is 11.5 Å². The van der Waals surface area contributed by atoms with E-state index in [0.717, 1.165) is 47.7 Å². The van der Waals surface area contributed by atoms with E-state index >= 15 is 0 Å². The van der Waals surface area contributed by atoms with Gasteiger partial charge in [-0.2, -0.15) is 0 Å². The van der Waals surface area contributed by atoms with Gasteiger partial charge in [-0.05, 0) is 45.4 Å². The number of methoxy groups -OCH3 is 2. The molecular weight excluding hydrogens is 346 g/mol. The van der Waals surface area contributed by atoms with Crippen molar-refractivity contribution in [2.45, 2.75) is 33.2 Å². The van der Waals surface area contributed by atoms with Gasteiger partial charge < -0.3 is 19.6 Å². The van der Waals surface area contributed by atoms with Crippen molar-refractivity contribution >= 4 is 5.91 Å². The first-order chi connectivity index (χ1) is 12.9. The Morgan fingerprint density at radius 3 is 2.78 bits per heavy atom. The van der Waals surface area contributed by atoms with Crippen molar-refractivity contribution in [3.63, 3.8) is 0 Å². The lowest BCUT2D eigenvalue weighted by Gasteiger charge is -2.30. The average molecular weight is 373 g/mol. The number of benzene rings is 1. The number of primary amides is 1. The van der Waals surface area contributed by atoms with Crippen molar-refractivity contribution in [1.29, 1.82) is 0 Å². The normalized spacial score (nSPS) is 17.7. The van der Waals surface area contributed by atoms with Crippen LogP contribution in [0, 0.1) is 19.8 Å². The lowest BCUT2D eigenvalue weighted by molar-refractivity contribution is -0.123. The second-order valence-electron chi connectivity index (χ2n) is 6.97. The maximum atomic E-state index is 11.5. The van der Waals surface area contributed by atoms with E-state index in [4.69, 9.17) is 24.6 Å². The molecule has 0 radical (unpaired) electrons. The predicted molar refractivity (Wildman–Crippen MR) is 102 cm³/mol. The number of rotatable bonds is 6. The number of aromatic nitrogens is 1. The van der Waals surface area contributed by atoms with E-state index in [1.807, 2.05) is 26.0 Å². The first-order valence-electron chi connectivity index (χ1n) is 9.14. The smallest absolute Gasteiger partial charge is 0.230 e. The minimum atomic E-state index is -0.226. The summed E-state index contributed by atoms with van der Waals surface area (Å²) in [6, 6.07) is 3.78. The lowest BCUT2D eigenvalue weighted by Crippen LogP contribution is -2.40. The minimum Gasteiger partial charge on any atom is -0.496 e. The third-order valence-electron chi connectivity index (χ3n) is 5.18. The minimum absolute atomic E-state index is 0.0882. The Morgan fingerprint density at radius 2 is 2.11 bits per heavy atom. The monoisotopic (exact) mass is 373 g/mol. The molecule has 1 fully saturated rings. The molecule has 0 spiro atoms. The molecule has 7 heteroatoms. The molecule has 1 aromatic carbocycles. The SMILES string of the molecule is COc1ccc(-c2nc(CN3CCCC(C(N)=O)C3)c(C)o2)c(OC)c1C. The van der Waals surface area contributed by atoms with Crippen LogP contribution in [0.4, 0.5) is 0 Å². The summed E-state index contributed by atoms with van der Waals surface area (Å²) in [5.41, 5.74) is 8.03. The van der Waals surface area contributed by atoms with Crippen molar-refractivity contribution < 1.29 is 18.7 Å². The van der Waals surface area contributed by atoms with Crippen molar-refractivity contribution in [3.8, 4) is 23.0 Å². The number of nitrogens with two attached hydrogens (primary N) is 1. The Bertz CT molecular complexity index is 831. The third kappa shape index (κ3) is 3.93. The molecule has 1 atom stereocenters. The van der Waals surface area contributed by atoms with Crippen LogP contribution in [0.1, 0.15) is 29.9 Å². The maximum absolute atomic E-state index is 11.5. The Hall–Kier alpha value is -2.54. The number of ether oxygens (including phenoxy) is 2. The number of oxazole rings is 1. The zero-order valence-corrected chi connectivity index (χ0v) is 16.4. The molecule has 0 aliphatic carbocycles. The van der Waals surface area contributed by atoms with Crippen LogP contribution in [0.15, 0.2) is 16.5 Å². The lowest BCUT2D eigenvalue weighted by atomic mass is 9.97. The molecular formula is C20H27N3O4. The Balaban J connectivity index is 1.85. The van der Waals surface area contributed by atoms with Gasteiger partial charge in [0.05, 0.1) is 31.4 Å². The van der Waals surface area contributed by atoms with Crippen LogP contribution >= 0.6 is 0 Å². The number of aryl methyl sites for hydroxylation is 1. The Labute approximate surface area is 159 Å². The van der Waals surface area contributed by atoms with E-state index in [2.05, 4.69) is 4.90 Å². The molecule has 0 bridgehead atoms. The molecule has 1 aliphatic heterocycles. The van der Waals surface area contributed by atoms with E-state index in [0.29, 0.717) is 24.7 Å². The standard InChI is InChI=1S/C20H27N3O4/c1-12-17(25-3)8-7-15(18(12)26-4)20-22-16(13(2)27-20)11-23-9-5-6-14(10-23)19(21)24/h7-8,14H,5-6,9-11H2,1-4H3,(H2,21,24). The summed E-state index contributed by atoms with van der Waals surface area (Å²) in [6.07, 6.45) is 1.82. The zero-order chi connectivity index (χ0) is 19.6. The fourth-order valence-corrected chi connectivity index (χ4v) is 3.66. The molecule has 1 amide bonds. The summed E-state index contributed by atoms with van der Waals surface area (Å²) in [6.45, 7) is 6.08. The molecule has 1 unspecified atom stereocenters. The molecule has 27 heavy (non-hydrogen) atoms. The third-order valence-corrected chi connectivity index (χ3v) is 5.18. The molecule has 2 heterocycles. The van der Waals surface area contributed by atoms with Gasteiger partial charge in [-0.3, -0.25) is 9.69 Å². The summed E-state index contributed by atoms with van der Waals surface area (Å²) in [7, 11) is 3.26. The number of hydrogen-bond acceptors (Lipinski definition) is 6. The van der Waals surface area contributed by atoms with Gasteiger partial charge in [0, 0.05) is 18.7 Å². The molecule has 7 nitrogen and oxygen atoms in total. The molecule has 1 aliphatic rings. The second kappa shape index (κ2) is 8.00. The van der Waals surface area contributed by atoms with Gasteiger partial charge >= 0.3 is 0 Å². The van der Waals surface area contributed by atoms with Crippen molar-refractivity contribution in [2.24, 2.45) is 11.7 Å². The molecule has 2 aromatic rings. The number of carbonyl (C=O) groups excluding carboxylic acids is 1. The van der Waals surface area contributed by atoms with Gasteiger partial charge in [0.15, 0.2) is 0 Å². The summed E-state index contributed by atoms with van der Waals surface area (Å²) >= 11 is 0. The summed E-state index contributed by atoms with van der Waals surface area (Å²) in [5, 5.41) is 0. The maximum Gasteiger partial charge on any atom is 0.230 e. The van der Waals surface area contributed by atoms with Crippen LogP contribution in [-0.2, 0) is 11.3 Å². The van der Waals surface area contributed by atoms with Crippen molar-refractivity contribution in [1.82, 2.24) is 9.88 Å². The van der Waals surface area contributed by atoms with Gasteiger partial charge in [-0.1, -0.05) is 0 Å². The highest BCUT2D eigenvalue weighted by atomic mass is 16.5. The van der Waals surface area contributed by atoms with E-state index in [-0.39, 0.29) is 11.8 Å². The molecule has 3 rings (SSSR count). The highest BCUT2D eigenvalue weighted by molar-refractivity contribution is 5.77. The van der Waals surface area contributed by atoms with E-state index in [1.54, 1.807) is 14.2 Å². The summed E-state index contributed by atoms with van der Waals surface area (Å²) in [4.78, 5) is 18.4. The van der Waals surface area contributed by atoms with E-state index < -0.39 is 0 Å². The van der Waals surface area contributed by atoms with E-state index in [1.165, 1.54) is 0 Å². The molecule has 1 aromatic heterocycles. The number of carbonyl (C=O) groups is 1. The van der Waals surface area contributed by atoms with Gasteiger partial charge in [0.25, 0.3) is 0 Å². The van der Waals surface area contributed by atoms with Gasteiger partial charge in [-0.15, -0.1) is 0 Å². The van der Waals surface area contributed by atoms with Crippen molar-refractivity contribution in [3.05, 3.63) is 29.2 Å². The van der Waals surface area contributed by atoms with Gasteiger partial charge in [0.1, 0.15) is 17.3 Å². The van der Waals surface area contributed by atoms with Crippen LogP contribution in [0.2, 0.25) is 0 Å². The zero-order valence-electron chi connectivity index (χ0n) is 16.4. The highest BCUT2D eigenvalue weighted by Crippen LogP contribution is 2.38. The average Bonchev–Trinajstić information content (AvgIpc) is 3.02. The fourth-order valence-electron chi connectivity index (χ4n) is 3.66. The topological polar surface area (TPSA) is 90.8 Å². The van der Waals surface area contributed by atoms with Crippen LogP contribution < -0.4 is 15.2 Å². The van der Waals surface area contributed by atoms with Crippen LogP contribution in [0.3, 0.4) is 0 Å². The van der Waals surface area contributed by atoms with E-state index in [9.17, 15) is 4.79 Å². The largest absolute Gasteiger partial charge is 0.496 e. The highest BCUT2D eigenvalue weighted by Gasteiger charge is 2.26. The molecule has 2 N–H and O–H groups in total. The number of hydrogen-bond donors (Lipinski definition) is 1.